The Hall–Kier alpha value is -0.960. The van der Waals surface area contributed by atoms with Gasteiger partial charge >= 0.3 is 0 Å². The van der Waals surface area contributed by atoms with E-state index in [2.05, 4.69) is 0 Å². The number of hydrogen-bond donors (Lipinski definition) is 1. The molecular weight excluding hydrogens is 162 g/mol. The molecule has 0 amide bonds. The van der Waals surface area contributed by atoms with Gasteiger partial charge in [-0.15, -0.1) is 0 Å². The summed E-state index contributed by atoms with van der Waals surface area (Å²) in [7, 11) is 0. The van der Waals surface area contributed by atoms with Crippen LogP contribution in [0.4, 0.5) is 8.78 Å². The van der Waals surface area contributed by atoms with E-state index in [9.17, 15) is 8.78 Å². The predicted octanol–water partition coefficient (Wildman–Crippen LogP) is 2.06. The molecule has 0 aliphatic carbocycles. The van der Waals surface area contributed by atoms with Crippen molar-refractivity contribution in [2.24, 2.45) is 0 Å². The quantitative estimate of drug-likeness (QED) is 0.723. The number of aliphatic hydroxyl groups is 1. The van der Waals surface area contributed by atoms with Crippen molar-refractivity contribution in [1.82, 2.24) is 0 Å². The first-order chi connectivity index (χ1) is 5.66. The topological polar surface area (TPSA) is 20.2 Å². The van der Waals surface area contributed by atoms with E-state index < -0.39 is 11.6 Å². The second-order valence-corrected chi connectivity index (χ2v) is 2.73. The molecule has 1 unspecified atom stereocenters. The maximum absolute atomic E-state index is 13.0. The van der Waals surface area contributed by atoms with E-state index in [4.69, 9.17) is 5.11 Å². The van der Waals surface area contributed by atoms with Crippen LogP contribution in [0.1, 0.15) is 18.4 Å². The van der Waals surface area contributed by atoms with Crippen LogP contribution >= 0.6 is 0 Å². The molecule has 1 aromatic carbocycles. The molecule has 0 radical (unpaired) electrons. The van der Waals surface area contributed by atoms with Crippen LogP contribution < -0.4 is 0 Å². The van der Waals surface area contributed by atoms with Crippen LogP contribution in [-0.2, 0) is 0 Å². The summed E-state index contributed by atoms with van der Waals surface area (Å²) < 4.78 is 25.6. The molecule has 66 valence electrons. The zero-order valence-corrected chi connectivity index (χ0v) is 6.72. The highest BCUT2D eigenvalue weighted by atomic mass is 19.2. The van der Waals surface area contributed by atoms with Crippen LogP contribution in [0.15, 0.2) is 18.2 Å². The molecule has 0 saturated heterocycles. The Morgan fingerprint density at radius 2 is 2.08 bits per heavy atom. The minimum atomic E-state index is -0.868. The standard InChI is InChI=1S/C9H10F2O/c1-6(5-12)7-3-2-4-8(10)9(7)11/h2-4,6,12H,5H2,1H3. The third kappa shape index (κ3) is 1.61. The number of rotatable bonds is 2. The predicted molar refractivity (Wildman–Crippen MR) is 41.9 cm³/mol. The van der Waals surface area contributed by atoms with Gasteiger partial charge in [0, 0.05) is 12.5 Å². The summed E-state index contributed by atoms with van der Waals surface area (Å²) in [5.74, 6) is -2.09. The van der Waals surface area contributed by atoms with E-state index in [-0.39, 0.29) is 18.1 Å². The third-order valence-electron chi connectivity index (χ3n) is 1.79. The molecule has 1 atom stereocenters. The van der Waals surface area contributed by atoms with Gasteiger partial charge in [-0.25, -0.2) is 8.78 Å². The first-order valence-electron chi connectivity index (χ1n) is 3.71. The van der Waals surface area contributed by atoms with E-state index in [1.165, 1.54) is 12.1 Å². The van der Waals surface area contributed by atoms with Gasteiger partial charge in [-0.05, 0) is 11.6 Å². The fourth-order valence-corrected chi connectivity index (χ4v) is 0.999. The van der Waals surface area contributed by atoms with Crippen molar-refractivity contribution in [2.45, 2.75) is 12.8 Å². The van der Waals surface area contributed by atoms with Crippen molar-refractivity contribution >= 4 is 0 Å². The smallest absolute Gasteiger partial charge is 0.162 e. The maximum atomic E-state index is 13.0. The third-order valence-corrected chi connectivity index (χ3v) is 1.79. The van der Waals surface area contributed by atoms with Gasteiger partial charge in [0.2, 0.25) is 0 Å². The highest BCUT2D eigenvalue weighted by Gasteiger charge is 2.12. The lowest BCUT2D eigenvalue weighted by Crippen LogP contribution is -2.03. The fraction of sp³-hybridized carbons (Fsp3) is 0.333. The lowest BCUT2D eigenvalue weighted by atomic mass is 10.0. The van der Waals surface area contributed by atoms with E-state index in [0.29, 0.717) is 0 Å². The van der Waals surface area contributed by atoms with Gasteiger partial charge < -0.3 is 5.11 Å². The molecule has 1 rings (SSSR count). The summed E-state index contributed by atoms with van der Waals surface area (Å²) in [4.78, 5) is 0. The number of hydrogen-bond acceptors (Lipinski definition) is 1. The summed E-state index contributed by atoms with van der Waals surface area (Å²) in [6, 6.07) is 3.96. The van der Waals surface area contributed by atoms with E-state index in [1.54, 1.807) is 6.92 Å². The summed E-state index contributed by atoms with van der Waals surface area (Å²) in [6.45, 7) is 1.46. The van der Waals surface area contributed by atoms with Crippen LogP contribution in [-0.4, -0.2) is 11.7 Å². The minimum Gasteiger partial charge on any atom is -0.396 e. The zero-order valence-electron chi connectivity index (χ0n) is 6.72. The average Bonchev–Trinajstić information content (AvgIpc) is 2.08. The Bertz CT molecular complexity index is 273. The zero-order chi connectivity index (χ0) is 9.14. The Morgan fingerprint density at radius 3 is 2.67 bits per heavy atom. The van der Waals surface area contributed by atoms with E-state index in [0.717, 1.165) is 6.07 Å². The van der Waals surface area contributed by atoms with E-state index >= 15 is 0 Å². The molecular formula is C9H10F2O. The largest absolute Gasteiger partial charge is 0.396 e. The molecule has 3 heteroatoms. The molecule has 1 nitrogen and oxygen atoms in total. The molecule has 0 saturated carbocycles. The second kappa shape index (κ2) is 3.63. The average molecular weight is 172 g/mol. The molecule has 0 spiro atoms. The highest BCUT2D eigenvalue weighted by Crippen LogP contribution is 2.19. The van der Waals surface area contributed by atoms with Gasteiger partial charge in [0.05, 0.1) is 0 Å². The summed E-state index contributed by atoms with van der Waals surface area (Å²) >= 11 is 0. The van der Waals surface area contributed by atoms with Crippen LogP contribution in [0, 0.1) is 11.6 Å². The van der Waals surface area contributed by atoms with Crippen LogP contribution in [0.3, 0.4) is 0 Å². The van der Waals surface area contributed by atoms with Crippen molar-refractivity contribution in [3.8, 4) is 0 Å². The second-order valence-electron chi connectivity index (χ2n) is 2.73. The van der Waals surface area contributed by atoms with Gasteiger partial charge in [-0.3, -0.25) is 0 Å². The number of aliphatic hydroxyl groups excluding tert-OH is 1. The lowest BCUT2D eigenvalue weighted by molar-refractivity contribution is 0.269. The van der Waals surface area contributed by atoms with Crippen molar-refractivity contribution in [2.75, 3.05) is 6.61 Å². The fourth-order valence-electron chi connectivity index (χ4n) is 0.999. The number of halogens is 2. The van der Waals surface area contributed by atoms with Crippen LogP contribution in [0.2, 0.25) is 0 Å². The summed E-state index contributed by atoms with van der Waals surface area (Å²) in [5.41, 5.74) is 0.220. The number of benzene rings is 1. The minimum absolute atomic E-state index is 0.180. The molecule has 0 fully saturated rings. The molecule has 12 heavy (non-hydrogen) atoms. The van der Waals surface area contributed by atoms with Crippen molar-refractivity contribution in [1.29, 1.82) is 0 Å². The SMILES string of the molecule is CC(CO)c1cccc(F)c1F. The van der Waals surface area contributed by atoms with Crippen LogP contribution in [0.5, 0.6) is 0 Å². The molecule has 0 aliphatic heterocycles. The van der Waals surface area contributed by atoms with Gasteiger partial charge in [-0.2, -0.15) is 0 Å². The Morgan fingerprint density at radius 1 is 1.42 bits per heavy atom. The Labute approximate surface area is 69.7 Å². The monoisotopic (exact) mass is 172 g/mol. The van der Waals surface area contributed by atoms with Gasteiger partial charge in [0.1, 0.15) is 0 Å². The Balaban J connectivity index is 3.07. The molecule has 0 aromatic heterocycles. The van der Waals surface area contributed by atoms with Crippen molar-refractivity contribution < 1.29 is 13.9 Å². The summed E-state index contributed by atoms with van der Waals surface area (Å²) in [5, 5.41) is 8.71. The van der Waals surface area contributed by atoms with Gasteiger partial charge in [0.15, 0.2) is 11.6 Å². The first-order valence-corrected chi connectivity index (χ1v) is 3.71. The molecule has 0 heterocycles. The lowest BCUT2D eigenvalue weighted by Gasteiger charge is -2.08. The van der Waals surface area contributed by atoms with Gasteiger partial charge in [0.25, 0.3) is 0 Å². The van der Waals surface area contributed by atoms with Gasteiger partial charge in [-0.1, -0.05) is 19.1 Å². The van der Waals surface area contributed by atoms with Crippen LogP contribution in [0.25, 0.3) is 0 Å². The normalized spacial score (nSPS) is 13.0. The Kier molecular flexibility index (Phi) is 2.76. The van der Waals surface area contributed by atoms with Crippen molar-refractivity contribution in [3.05, 3.63) is 35.4 Å². The first kappa shape index (κ1) is 9.13. The molecule has 1 N–H and O–H groups in total. The van der Waals surface area contributed by atoms with E-state index in [1.807, 2.05) is 0 Å². The highest BCUT2D eigenvalue weighted by molar-refractivity contribution is 5.22. The maximum Gasteiger partial charge on any atom is 0.162 e. The molecule has 1 aromatic rings. The molecule has 0 aliphatic rings. The summed E-state index contributed by atoms with van der Waals surface area (Å²) in [6.07, 6.45) is 0. The molecule has 0 bridgehead atoms. The van der Waals surface area contributed by atoms with Crippen molar-refractivity contribution in [3.63, 3.8) is 0 Å².